The van der Waals surface area contributed by atoms with Gasteiger partial charge in [-0.1, -0.05) is 42.4 Å². The number of hydrogen-bond donors (Lipinski definition) is 1. The molecule has 1 aromatic heterocycles. The average Bonchev–Trinajstić information content (AvgIpc) is 2.45. The molecule has 0 spiro atoms. The monoisotopic (exact) mass is 286 g/mol. The van der Waals surface area contributed by atoms with Crippen LogP contribution in [0, 0.1) is 6.92 Å². The average molecular weight is 286 g/mol. The van der Waals surface area contributed by atoms with Crippen molar-refractivity contribution in [1.82, 2.24) is 10.3 Å². The Kier molecular flexibility index (Phi) is 5.62. The highest BCUT2D eigenvalue weighted by Crippen LogP contribution is 2.31. The first-order chi connectivity index (χ1) is 9.70. The van der Waals surface area contributed by atoms with Crippen molar-refractivity contribution in [3.8, 4) is 0 Å². The molecule has 1 heterocycles. The summed E-state index contributed by atoms with van der Waals surface area (Å²) in [7, 11) is 0. The van der Waals surface area contributed by atoms with Crippen LogP contribution in [-0.2, 0) is 0 Å². The first-order valence-electron chi connectivity index (χ1n) is 7.13. The van der Waals surface area contributed by atoms with E-state index in [0.717, 1.165) is 18.0 Å². The quantitative estimate of drug-likeness (QED) is 0.840. The van der Waals surface area contributed by atoms with Crippen molar-refractivity contribution in [2.24, 2.45) is 0 Å². The van der Waals surface area contributed by atoms with E-state index >= 15 is 0 Å². The predicted molar refractivity (Wildman–Crippen MR) is 86.2 cm³/mol. The van der Waals surface area contributed by atoms with Crippen LogP contribution in [0.4, 0.5) is 0 Å². The van der Waals surface area contributed by atoms with Gasteiger partial charge in [0.05, 0.1) is 0 Å². The lowest BCUT2D eigenvalue weighted by Crippen LogP contribution is -2.20. The maximum absolute atomic E-state index is 4.56. The van der Waals surface area contributed by atoms with Crippen LogP contribution >= 0.6 is 11.8 Å². The molecule has 1 unspecified atom stereocenters. The fourth-order valence-electron chi connectivity index (χ4n) is 2.08. The fraction of sp³-hybridized carbons (Fsp3) is 0.353. The summed E-state index contributed by atoms with van der Waals surface area (Å²) in [6, 6.07) is 13.1. The second-order valence-electron chi connectivity index (χ2n) is 4.99. The normalized spacial score (nSPS) is 12.3. The predicted octanol–water partition coefficient (Wildman–Crippen LogP) is 4.60. The van der Waals surface area contributed by atoms with Crippen molar-refractivity contribution in [1.29, 1.82) is 0 Å². The van der Waals surface area contributed by atoms with Crippen LogP contribution in [0.25, 0.3) is 0 Å². The zero-order chi connectivity index (χ0) is 14.4. The van der Waals surface area contributed by atoms with Crippen LogP contribution in [0.2, 0.25) is 0 Å². The Hall–Kier alpha value is -1.32. The zero-order valence-corrected chi connectivity index (χ0v) is 13.2. The highest BCUT2D eigenvalue weighted by molar-refractivity contribution is 7.99. The summed E-state index contributed by atoms with van der Waals surface area (Å²) < 4.78 is 0. The Labute approximate surface area is 126 Å². The summed E-state index contributed by atoms with van der Waals surface area (Å²) in [5, 5.41) is 4.62. The molecule has 0 aliphatic carbocycles. The van der Waals surface area contributed by atoms with Gasteiger partial charge in [-0.05, 0) is 45.0 Å². The van der Waals surface area contributed by atoms with Crippen LogP contribution in [-0.4, -0.2) is 11.5 Å². The number of nitrogens with zero attached hydrogens (tertiary/aromatic N) is 1. The van der Waals surface area contributed by atoms with E-state index in [1.807, 2.05) is 12.3 Å². The van der Waals surface area contributed by atoms with Gasteiger partial charge in [0.15, 0.2) is 0 Å². The summed E-state index contributed by atoms with van der Waals surface area (Å²) >= 11 is 1.74. The van der Waals surface area contributed by atoms with Gasteiger partial charge in [-0.15, -0.1) is 0 Å². The van der Waals surface area contributed by atoms with Crippen molar-refractivity contribution in [2.45, 2.75) is 43.2 Å². The number of aromatic nitrogens is 1. The summed E-state index contributed by atoms with van der Waals surface area (Å²) in [6.07, 6.45) is 3.01. The molecule has 1 N–H and O–H groups in total. The Bertz CT molecular complexity index is 554. The topological polar surface area (TPSA) is 24.9 Å². The summed E-state index contributed by atoms with van der Waals surface area (Å²) in [6.45, 7) is 7.54. The van der Waals surface area contributed by atoms with Crippen LogP contribution in [0.3, 0.4) is 0 Å². The Morgan fingerprint density at radius 2 is 2.10 bits per heavy atom. The molecule has 0 amide bonds. The van der Waals surface area contributed by atoms with Crippen molar-refractivity contribution in [3.05, 3.63) is 53.7 Å². The molecule has 0 saturated heterocycles. The second kappa shape index (κ2) is 7.46. The first-order valence-corrected chi connectivity index (χ1v) is 7.95. The van der Waals surface area contributed by atoms with Crippen LogP contribution < -0.4 is 5.32 Å². The van der Waals surface area contributed by atoms with E-state index in [0.29, 0.717) is 6.04 Å². The number of rotatable bonds is 6. The third-order valence-corrected chi connectivity index (χ3v) is 4.20. The third kappa shape index (κ3) is 4.09. The van der Waals surface area contributed by atoms with Gasteiger partial charge in [0.2, 0.25) is 0 Å². The van der Waals surface area contributed by atoms with Crippen molar-refractivity contribution < 1.29 is 0 Å². The van der Waals surface area contributed by atoms with Crippen LogP contribution in [0.1, 0.15) is 37.4 Å². The zero-order valence-electron chi connectivity index (χ0n) is 12.4. The van der Waals surface area contributed by atoms with E-state index in [1.165, 1.54) is 16.0 Å². The van der Waals surface area contributed by atoms with E-state index in [9.17, 15) is 0 Å². The lowest BCUT2D eigenvalue weighted by atomic mass is 10.1. The summed E-state index contributed by atoms with van der Waals surface area (Å²) in [5.74, 6) is 0. The molecule has 0 aliphatic rings. The molecule has 0 radical (unpaired) electrons. The minimum absolute atomic E-state index is 0.330. The van der Waals surface area contributed by atoms with Gasteiger partial charge in [0.25, 0.3) is 0 Å². The molecular formula is C17H22N2S. The minimum atomic E-state index is 0.330. The first kappa shape index (κ1) is 15.1. The van der Waals surface area contributed by atoms with Crippen molar-refractivity contribution >= 4 is 11.8 Å². The molecule has 1 atom stereocenters. The number of hydrogen-bond acceptors (Lipinski definition) is 3. The van der Waals surface area contributed by atoms with E-state index < -0.39 is 0 Å². The summed E-state index contributed by atoms with van der Waals surface area (Å²) in [4.78, 5) is 5.80. The molecule has 2 nitrogen and oxygen atoms in total. The van der Waals surface area contributed by atoms with Gasteiger partial charge in [0.1, 0.15) is 5.03 Å². The van der Waals surface area contributed by atoms with E-state index in [-0.39, 0.29) is 0 Å². The summed E-state index contributed by atoms with van der Waals surface area (Å²) in [5.41, 5.74) is 2.55. The minimum Gasteiger partial charge on any atom is -0.310 e. The molecule has 106 valence electrons. The molecule has 0 bridgehead atoms. The molecule has 20 heavy (non-hydrogen) atoms. The number of pyridine rings is 1. The highest BCUT2D eigenvalue weighted by Gasteiger charge is 2.11. The number of nitrogens with one attached hydrogen (secondary N) is 1. The SMILES string of the molecule is CCCNC(C)c1cccnc1Sc1cccc(C)c1. The standard InChI is InChI=1S/C17H22N2S/c1-4-10-18-14(3)16-9-6-11-19-17(16)20-15-8-5-7-13(2)12-15/h5-9,11-12,14,18H,4,10H2,1-3H3. The van der Waals surface area contributed by atoms with Crippen LogP contribution in [0.5, 0.6) is 0 Å². The molecule has 0 saturated carbocycles. The number of aryl methyl sites for hydroxylation is 1. The highest BCUT2D eigenvalue weighted by atomic mass is 32.2. The largest absolute Gasteiger partial charge is 0.310 e. The van der Waals surface area contributed by atoms with Gasteiger partial charge in [0, 0.05) is 22.7 Å². The molecule has 2 rings (SSSR count). The maximum Gasteiger partial charge on any atom is 0.105 e. The lowest BCUT2D eigenvalue weighted by Gasteiger charge is -2.16. The van der Waals surface area contributed by atoms with Gasteiger partial charge < -0.3 is 5.32 Å². The molecule has 0 fully saturated rings. The van der Waals surface area contributed by atoms with Crippen molar-refractivity contribution in [2.75, 3.05) is 6.54 Å². The Morgan fingerprint density at radius 3 is 2.85 bits per heavy atom. The molecule has 3 heteroatoms. The van der Waals surface area contributed by atoms with E-state index in [2.05, 4.69) is 61.4 Å². The Balaban J connectivity index is 2.19. The van der Waals surface area contributed by atoms with Gasteiger partial charge in [-0.2, -0.15) is 0 Å². The van der Waals surface area contributed by atoms with E-state index in [1.54, 1.807) is 11.8 Å². The van der Waals surface area contributed by atoms with Gasteiger partial charge in [-0.3, -0.25) is 0 Å². The third-order valence-electron chi connectivity index (χ3n) is 3.17. The van der Waals surface area contributed by atoms with Gasteiger partial charge >= 0.3 is 0 Å². The molecule has 0 aliphatic heterocycles. The smallest absolute Gasteiger partial charge is 0.105 e. The van der Waals surface area contributed by atoms with E-state index in [4.69, 9.17) is 0 Å². The fourth-order valence-corrected chi connectivity index (χ4v) is 3.17. The van der Waals surface area contributed by atoms with Crippen LogP contribution in [0.15, 0.2) is 52.5 Å². The Morgan fingerprint density at radius 1 is 1.25 bits per heavy atom. The molecule has 2 aromatic rings. The lowest BCUT2D eigenvalue weighted by molar-refractivity contribution is 0.560. The maximum atomic E-state index is 4.56. The van der Waals surface area contributed by atoms with Crippen molar-refractivity contribution in [3.63, 3.8) is 0 Å². The number of benzene rings is 1. The molecule has 1 aromatic carbocycles. The van der Waals surface area contributed by atoms with Gasteiger partial charge in [-0.25, -0.2) is 4.98 Å². The second-order valence-corrected chi connectivity index (χ2v) is 6.05. The molecular weight excluding hydrogens is 264 g/mol.